The Morgan fingerprint density at radius 2 is 1.76 bits per heavy atom. The van der Waals surface area contributed by atoms with Crippen LogP contribution < -0.4 is 11.1 Å². The summed E-state index contributed by atoms with van der Waals surface area (Å²) in [5.41, 5.74) is 11.1. The third-order valence-electron chi connectivity index (χ3n) is 3.30. The number of nitrogen functional groups attached to an aromatic ring is 1. The maximum absolute atomic E-state index is 5.77. The van der Waals surface area contributed by atoms with Crippen LogP contribution in [0.4, 0.5) is 5.69 Å². The van der Waals surface area contributed by atoms with Gasteiger partial charge in [0.25, 0.3) is 0 Å². The molecule has 0 unspecified atom stereocenters. The molecule has 2 aromatic carbocycles. The lowest BCUT2D eigenvalue weighted by Crippen LogP contribution is -2.04. The second kappa shape index (κ2) is 6.08. The molecule has 0 aliphatic heterocycles. The normalized spacial score (nSPS) is 10.7. The minimum atomic E-state index is 0.779. The van der Waals surface area contributed by atoms with Crippen molar-refractivity contribution >= 4 is 17.0 Å². The number of nitrogens with one attached hydrogen (secondary N) is 1. The van der Waals surface area contributed by atoms with Gasteiger partial charge in [-0.05, 0) is 30.3 Å². The van der Waals surface area contributed by atoms with Crippen LogP contribution in [-0.4, -0.2) is 12.0 Å². The number of thiazole rings is 1. The van der Waals surface area contributed by atoms with Crippen LogP contribution in [0.1, 0.15) is 5.01 Å². The highest BCUT2D eigenvalue weighted by Crippen LogP contribution is 2.32. The SMILES string of the molecule is CNCc1nc(-c2ccccc2-c2ccc(N)cc2)cs1. The van der Waals surface area contributed by atoms with Crippen molar-refractivity contribution in [1.82, 2.24) is 10.3 Å². The summed E-state index contributed by atoms with van der Waals surface area (Å²) in [5, 5.41) is 6.35. The summed E-state index contributed by atoms with van der Waals surface area (Å²) >= 11 is 1.68. The first-order chi connectivity index (χ1) is 10.3. The predicted molar refractivity (Wildman–Crippen MR) is 90.2 cm³/mol. The fourth-order valence-electron chi connectivity index (χ4n) is 2.29. The predicted octanol–water partition coefficient (Wildman–Crippen LogP) is 3.78. The highest BCUT2D eigenvalue weighted by molar-refractivity contribution is 7.09. The van der Waals surface area contributed by atoms with E-state index in [2.05, 4.69) is 41.0 Å². The lowest BCUT2D eigenvalue weighted by molar-refractivity contribution is 0.811. The molecule has 0 fully saturated rings. The van der Waals surface area contributed by atoms with Gasteiger partial charge >= 0.3 is 0 Å². The average Bonchev–Trinajstić information content (AvgIpc) is 2.97. The zero-order chi connectivity index (χ0) is 14.7. The molecule has 106 valence electrons. The molecule has 3 rings (SSSR count). The largest absolute Gasteiger partial charge is 0.399 e. The first kappa shape index (κ1) is 13.8. The molecule has 0 aliphatic carbocycles. The van der Waals surface area contributed by atoms with E-state index in [4.69, 9.17) is 10.7 Å². The number of hydrogen-bond acceptors (Lipinski definition) is 4. The van der Waals surface area contributed by atoms with Crippen molar-refractivity contribution < 1.29 is 0 Å². The molecule has 0 aliphatic rings. The smallest absolute Gasteiger partial charge is 0.107 e. The number of benzene rings is 2. The van der Waals surface area contributed by atoms with E-state index in [1.807, 2.05) is 25.2 Å². The van der Waals surface area contributed by atoms with Crippen molar-refractivity contribution in [1.29, 1.82) is 0 Å². The van der Waals surface area contributed by atoms with Crippen LogP contribution in [0.15, 0.2) is 53.9 Å². The summed E-state index contributed by atoms with van der Waals surface area (Å²) in [6.07, 6.45) is 0. The van der Waals surface area contributed by atoms with Crippen molar-refractivity contribution in [3.8, 4) is 22.4 Å². The second-order valence-electron chi connectivity index (χ2n) is 4.82. The van der Waals surface area contributed by atoms with E-state index < -0.39 is 0 Å². The third kappa shape index (κ3) is 2.96. The van der Waals surface area contributed by atoms with Crippen LogP contribution in [0.2, 0.25) is 0 Å². The van der Waals surface area contributed by atoms with Gasteiger partial charge in [-0.25, -0.2) is 4.98 Å². The van der Waals surface area contributed by atoms with Gasteiger partial charge in [-0.2, -0.15) is 0 Å². The van der Waals surface area contributed by atoms with Crippen molar-refractivity contribution in [2.24, 2.45) is 0 Å². The highest BCUT2D eigenvalue weighted by atomic mass is 32.1. The van der Waals surface area contributed by atoms with E-state index in [9.17, 15) is 0 Å². The van der Waals surface area contributed by atoms with E-state index in [1.165, 1.54) is 5.56 Å². The fraction of sp³-hybridized carbons (Fsp3) is 0.118. The van der Waals surface area contributed by atoms with Gasteiger partial charge in [0.1, 0.15) is 5.01 Å². The molecule has 0 atom stereocenters. The summed E-state index contributed by atoms with van der Waals surface area (Å²) in [7, 11) is 1.93. The molecule has 21 heavy (non-hydrogen) atoms. The zero-order valence-electron chi connectivity index (χ0n) is 11.8. The molecule has 0 saturated heterocycles. The number of rotatable bonds is 4. The van der Waals surface area contributed by atoms with E-state index in [0.717, 1.165) is 34.1 Å². The molecule has 3 nitrogen and oxygen atoms in total. The first-order valence-corrected chi connectivity index (χ1v) is 7.70. The van der Waals surface area contributed by atoms with Gasteiger partial charge < -0.3 is 11.1 Å². The maximum Gasteiger partial charge on any atom is 0.107 e. The number of aromatic nitrogens is 1. The summed E-state index contributed by atoms with van der Waals surface area (Å²) in [4.78, 5) is 4.71. The molecule has 3 aromatic rings. The topological polar surface area (TPSA) is 50.9 Å². The summed E-state index contributed by atoms with van der Waals surface area (Å²) < 4.78 is 0. The van der Waals surface area contributed by atoms with Crippen molar-refractivity contribution in [3.63, 3.8) is 0 Å². The van der Waals surface area contributed by atoms with Crippen LogP contribution in [0.3, 0.4) is 0 Å². The summed E-state index contributed by atoms with van der Waals surface area (Å²) in [5.74, 6) is 0. The van der Waals surface area contributed by atoms with Crippen LogP contribution in [0, 0.1) is 0 Å². The van der Waals surface area contributed by atoms with E-state index in [0.29, 0.717) is 0 Å². The first-order valence-electron chi connectivity index (χ1n) is 6.82. The molecule has 0 amide bonds. The minimum absolute atomic E-state index is 0.779. The number of nitrogens with zero attached hydrogens (tertiary/aromatic N) is 1. The van der Waals surface area contributed by atoms with E-state index in [1.54, 1.807) is 11.3 Å². The van der Waals surface area contributed by atoms with Crippen LogP contribution in [0.25, 0.3) is 22.4 Å². The molecular weight excluding hydrogens is 278 g/mol. The molecule has 3 N–H and O–H groups in total. The molecule has 0 bridgehead atoms. The Hall–Kier alpha value is -2.17. The highest BCUT2D eigenvalue weighted by Gasteiger charge is 2.10. The van der Waals surface area contributed by atoms with E-state index >= 15 is 0 Å². The Morgan fingerprint density at radius 3 is 2.48 bits per heavy atom. The van der Waals surface area contributed by atoms with Gasteiger partial charge in [0.2, 0.25) is 0 Å². The number of anilines is 1. The van der Waals surface area contributed by atoms with Gasteiger partial charge in [0, 0.05) is 23.2 Å². The lowest BCUT2D eigenvalue weighted by Gasteiger charge is -2.08. The summed E-state index contributed by atoms with van der Waals surface area (Å²) in [6.45, 7) is 0.800. The standard InChI is InChI=1S/C17H17N3S/c1-19-10-17-20-16(11-21-17)15-5-3-2-4-14(15)12-6-8-13(18)9-7-12/h2-9,11,19H,10,18H2,1H3. The van der Waals surface area contributed by atoms with Crippen molar-refractivity contribution in [2.75, 3.05) is 12.8 Å². The Bertz CT molecular complexity index is 732. The molecule has 4 heteroatoms. The Kier molecular flexibility index (Phi) is 3.99. The van der Waals surface area contributed by atoms with Crippen LogP contribution in [0.5, 0.6) is 0 Å². The monoisotopic (exact) mass is 295 g/mol. The zero-order valence-corrected chi connectivity index (χ0v) is 12.7. The molecule has 0 radical (unpaired) electrons. The van der Waals surface area contributed by atoms with Crippen molar-refractivity contribution in [2.45, 2.75) is 6.54 Å². The third-order valence-corrected chi connectivity index (χ3v) is 4.15. The lowest BCUT2D eigenvalue weighted by atomic mass is 9.98. The molecule has 1 aromatic heterocycles. The second-order valence-corrected chi connectivity index (χ2v) is 5.77. The Morgan fingerprint density at radius 1 is 1.05 bits per heavy atom. The Labute approximate surface area is 128 Å². The number of hydrogen-bond donors (Lipinski definition) is 2. The fourth-order valence-corrected chi connectivity index (χ4v) is 3.09. The van der Waals surface area contributed by atoms with Crippen LogP contribution >= 0.6 is 11.3 Å². The van der Waals surface area contributed by atoms with Gasteiger partial charge in [-0.3, -0.25) is 0 Å². The van der Waals surface area contributed by atoms with Crippen molar-refractivity contribution in [3.05, 3.63) is 58.9 Å². The summed E-state index contributed by atoms with van der Waals surface area (Å²) in [6, 6.07) is 16.3. The maximum atomic E-state index is 5.77. The van der Waals surface area contributed by atoms with Gasteiger partial charge in [-0.15, -0.1) is 11.3 Å². The molecule has 0 saturated carbocycles. The quantitative estimate of drug-likeness (QED) is 0.720. The van der Waals surface area contributed by atoms with Crippen LogP contribution in [-0.2, 0) is 6.54 Å². The Balaban J connectivity index is 2.04. The molecule has 1 heterocycles. The molecular formula is C17H17N3S. The average molecular weight is 295 g/mol. The van der Waals surface area contributed by atoms with Gasteiger partial charge in [0.15, 0.2) is 0 Å². The molecule has 0 spiro atoms. The van der Waals surface area contributed by atoms with Gasteiger partial charge in [0.05, 0.1) is 5.69 Å². The minimum Gasteiger partial charge on any atom is -0.399 e. The van der Waals surface area contributed by atoms with E-state index in [-0.39, 0.29) is 0 Å². The van der Waals surface area contributed by atoms with Gasteiger partial charge in [-0.1, -0.05) is 36.4 Å². The number of nitrogens with two attached hydrogens (primary N) is 1.